The predicted molar refractivity (Wildman–Crippen MR) is 98.0 cm³/mol. The van der Waals surface area contributed by atoms with Crippen LogP contribution in [-0.2, 0) is 4.74 Å². The Hall–Kier alpha value is -1.86. The minimum absolute atomic E-state index is 0.281. The monoisotopic (exact) mass is 384 g/mol. The molecule has 8 heteroatoms. The lowest BCUT2D eigenvalue weighted by Gasteiger charge is -2.32. The van der Waals surface area contributed by atoms with Crippen LogP contribution in [0.2, 0.25) is 5.02 Å². The Balaban J connectivity index is 2.25. The number of nitrogens with one attached hydrogen (secondary N) is 1. The van der Waals surface area contributed by atoms with Crippen LogP contribution >= 0.6 is 11.6 Å². The van der Waals surface area contributed by atoms with E-state index in [-0.39, 0.29) is 13.2 Å². The van der Waals surface area contributed by atoms with Crippen LogP contribution < -0.4 is 5.32 Å². The summed E-state index contributed by atoms with van der Waals surface area (Å²) < 4.78 is 5.31. The highest BCUT2D eigenvalue weighted by molar-refractivity contribution is 6.30. The van der Waals surface area contributed by atoms with Crippen molar-refractivity contribution in [3.05, 3.63) is 45.0 Å². The largest absolute Gasteiger partial charge is 0.444 e. The molecule has 1 aromatic carbocycles. The highest BCUT2D eigenvalue weighted by Crippen LogP contribution is 2.48. The standard InChI is InChI=1S/C18H25ClN2O5/c1-17(2,3)26-16(23)20-18(8-9-18)15(11-22)14(10-21(24)25)12-4-6-13(19)7-5-12/h4-7,14-15,22H,8-11H2,1-3H3,(H,20,23)/t14-,15-/m1/s1. The molecule has 144 valence electrons. The van der Waals surface area contributed by atoms with E-state index in [1.54, 1.807) is 45.0 Å². The number of nitrogens with zero attached hydrogens (tertiary/aromatic N) is 1. The van der Waals surface area contributed by atoms with Crippen molar-refractivity contribution < 1.29 is 19.6 Å². The number of carbonyl (C=O) groups excluding carboxylic acids is 1. The Bertz CT molecular complexity index is 653. The van der Waals surface area contributed by atoms with Gasteiger partial charge in [0.05, 0.1) is 5.92 Å². The van der Waals surface area contributed by atoms with E-state index in [2.05, 4.69) is 5.32 Å². The lowest BCUT2D eigenvalue weighted by Crippen LogP contribution is -2.48. The van der Waals surface area contributed by atoms with Crippen LogP contribution in [0.25, 0.3) is 0 Å². The summed E-state index contributed by atoms with van der Waals surface area (Å²) in [5.74, 6) is -1.05. The summed E-state index contributed by atoms with van der Waals surface area (Å²) in [6.45, 7) is 4.67. The molecule has 0 spiro atoms. The number of alkyl carbamates (subject to hydrolysis) is 1. The number of hydrogen-bond acceptors (Lipinski definition) is 5. The molecule has 1 amide bonds. The molecule has 0 saturated heterocycles. The molecule has 2 atom stereocenters. The van der Waals surface area contributed by atoms with Crippen LogP contribution in [0.3, 0.4) is 0 Å². The maximum Gasteiger partial charge on any atom is 0.408 e. The summed E-state index contributed by atoms with van der Waals surface area (Å²) in [7, 11) is 0. The quantitative estimate of drug-likeness (QED) is 0.554. The van der Waals surface area contributed by atoms with Crippen molar-refractivity contribution in [2.75, 3.05) is 13.2 Å². The van der Waals surface area contributed by atoms with Crippen molar-refractivity contribution in [2.24, 2.45) is 5.92 Å². The fourth-order valence-electron chi connectivity index (χ4n) is 3.25. The Morgan fingerprint density at radius 3 is 2.38 bits per heavy atom. The van der Waals surface area contributed by atoms with E-state index in [1.165, 1.54) is 0 Å². The number of aliphatic hydroxyl groups is 1. The molecule has 0 aromatic heterocycles. The number of aliphatic hydroxyl groups excluding tert-OH is 1. The molecular formula is C18H25ClN2O5. The highest BCUT2D eigenvalue weighted by atomic mass is 35.5. The molecule has 0 radical (unpaired) electrons. The third-order valence-corrected chi connectivity index (χ3v) is 4.83. The van der Waals surface area contributed by atoms with E-state index in [0.29, 0.717) is 23.4 Å². The van der Waals surface area contributed by atoms with Gasteiger partial charge >= 0.3 is 6.09 Å². The third-order valence-electron chi connectivity index (χ3n) is 4.57. The minimum atomic E-state index is -0.697. The SMILES string of the molecule is CC(C)(C)OC(=O)NC1([C@H](CO)[C@H](C[N+](=O)[O-])c2ccc(Cl)cc2)CC1. The average molecular weight is 385 g/mol. The van der Waals surface area contributed by atoms with Crippen molar-refractivity contribution >= 4 is 17.7 Å². The van der Waals surface area contributed by atoms with Gasteiger partial charge in [-0.25, -0.2) is 4.79 Å². The zero-order valence-corrected chi connectivity index (χ0v) is 16.0. The number of halogens is 1. The molecule has 1 aliphatic rings. The van der Waals surface area contributed by atoms with E-state index in [4.69, 9.17) is 16.3 Å². The van der Waals surface area contributed by atoms with Gasteiger partial charge in [0.1, 0.15) is 5.60 Å². The van der Waals surface area contributed by atoms with Gasteiger partial charge in [0.25, 0.3) is 0 Å². The molecule has 2 rings (SSSR count). The summed E-state index contributed by atoms with van der Waals surface area (Å²) in [5, 5.41) is 24.6. The first-order valence-corrected chi connectivity index (χ1v) is 8.93. The molecule has 1 saturated carbocycles. The number of carbonyl (C=O) groups is 1. The second kappa shape index (κ2) is 7.80. The third kappa shape index (κ3) is 5.32. The molecule has 2 N–H and O–H groups in total. The van der Waals surface area contributed by atoms with Crippen molar-refractivity contribution in [3.8, 4) is 0 Å². The van der Waals surface area contributed by atoms with Crippen molar-refractivity contribution in [1.82, 2.24) is 5.32 Å². The molecule has 0 heterocycles. The van der Waals surface area contributed by atoms with Crippen molar-refractivity contribution in [2.45, 2.75) is 50.7 Å². The van der Waals surface area contributed by atoms with Crippen LogP contribution in [-0.4, -0.2) is 40.4 Å². The fourth-order valence-corrected chi connectivity index (χ4v) is 3.38. The summed E-state index contributed by atoms with van der Waals surface area (Å²) in [4.78, 5) is 23.0. The Morgan fingerprint density at radius 2 is 1.96 bits per heavy atom. The summed E-state index contributed by atoms with van der Waals surface area (Å²) in [5.41, 5.74) is -0.634. The molecule has 26 heavy (non-hydrogen) atoms. The van der Waals surface area contributed by atoms with Crippen LogP contribution in [0, 0.1) is 16.0 Å². The Labute approximate surface area is 157 Å². The summed E-state index contributed by atoms with van der Waals surface area (Å²) in [6, 6.07) is 6.78. The minimum Gasteiger partial charge on any atom is -0.444 e. The molecule has 1 aromatic rings. The van der Waals surface area contributed by atoms with Crippen LogP contribution in [0.5, 0.6) is 0 Å². The number of amides is 1. The Kier molecular flexibility index (Phi) is 6.13. The van der Waals surface area contributed by atoms with Crippen LogP contribution in [0.4, 0.5) is 4.79 Å². The van der Waals surface area contributed by atoms with Gasteiger partial charge in [0, 0.05) is 28.0 Å². The number of nitro groups is 1. The van der Waals surface area contributed by atoms with Gasteiger partial charge < -0.3 is 15.2 Å². The maximum atomic E-state index is 12.2. The van der Waals surface area contributed by atoms with Gasteiger partial charge in [-0.05, 0) is 51.3 Å². The van der Waals surface area contributed by atoms with E-state index in [0.717, 1.165) is 0 Å². The maximum absolute atomic E-state index is 12.2. The fraction of sp³-hybridized carbons (Fsp3) is 0.611. The van der Waals surface area contributed by atoms with Gasteiger partial charge in [-0.2, -0.15) is 0 Å². The molecule has 1 fully saturated rings. The Morgan fingerprint density at radius 1 is 1.38 bits per heavy atom. The van der Waals surface area contributed by atoms with E-state index in [9.17, 15) is 20.0 Å². The van der Waals surface area contributed by atoms with Gasteiger partial charge in [-0.3, -0.25) is 10.1 Å². The highest BCUT2D eigenvalue weighted by Gasteiger charge is 2.54. The normalized spacial score (nSPS) is 17.9. The van der Waals surface area contributed by atoms with Gasteiger partial charge in [0.2, 0.25) is 6.54 Å². The van der Waals surface area contributed by atoms with Gasteiger partial charge in [-0.15, -0.1) is 0 Å². The number of ether oxygens (including phenoxy) is 1. The molecule has 7 nitrogen and oxygen atoms in total. The molecule has 1 aliphatic carbocycles. The zero-order chi connectivity index (χ0) is 19.5. The van der Waals surface area contributed by atoms with Crippen molar-refractivity contribution in [3.63, 3.8) is 0 Å². The van der Waals surface area contributed by atoms with Gasteiger partial charge in [0.15, 0.2) is 0 Å². The number of benzene rings is 1. The van der Waals surface area contributed by atoms with Gasteiger partial charge in [-0.1, -0.05) is 23.7 Å². The second-order valence-electron chi connectivity index (χ2n) is 7.75. The average Bonchev–Trinajstić information content (AvgIpc) is 3.25. The first-order chi connectivity index (χ1) is 12.1. The molecule has 0 aliphatic heterocycles. The summed E-state index contributed by atoms with van der Waals surface area (Å²) in [6.07, 6.45) is 0.697. The molecule has 0 unspecified atom stereocenters. The van der Waals surface area contributed by atoms with Crippen LogP contribution in [0.1, 0.15) is 45.1 Å². The first kappa shape index (κ1) is 20.5. The predicted octanol–water partition coefficient (Wildman–Crippen LogP) is 3.37. The first-order valence-electron chi connectivity index (χ1n) is 8.55. The second-order valence-corrected chi connectivity index (χ2v) is 8.18. The lowest BCUT2D eigenvalue weighted by atomic mass is 9.80. The number of hydrogen-bond donors (Lipinski definition) is 2. The van der Waals surface area contributed by atoms with E-state index in [1.807, 2.05) is 0 Å². The molecule has 0 bridgehead atoms. The smallest absolute Gasteiger partial charge is 0.408 e. The topological polar surface area (TPSA) is 102 Å². The number of rotatable bonds is 7. The summed E-state index contributed by atoms with van der Waals surface area (Å²) >= 11 is 5.91. The van der Waals surface area contributed by atoms with E-state index < -0.39 is 34.0 Å². The van der Waals surface area contributed by atoms with Crippen molar-refractivity contribution in [1.29, 1.82) is 0 Å². The van der Waals surface area contributed by atoms with E-state index >= 15 is 0 Å². The van der Waals surface area contributed by atoms with Crippen LogP contribution in [0.15, 0.2) is 24.3 Å². The lowest BCUT2D eigenvalue weighted by molar-refractivity contribution is -0.485. The zero-order valence-electron chi connectivity index (χ0n) is 15.2. The molecular weight excluding hydrogens is 360 g/mol.